The molecule has 0 aliphatic heterocycles. The van der Waals surface area contributed by atoms with Crippen LogP contribution in [0.25, 0.3) is 22.8 Å². The zero-order valence-electron chi connectivity index (χ0n) is 15.7. The molecule has 0 aliphatic carbocycles. The van der Waals surface area contributed by atoms with Gasteiger partial charge in [0.05, 0.1) is 43.0 Å². The van der Waals surface area contributed by atoms with Gasteiger partial charge in [-0.3, -0.25) is 21.8 Å². The van der Waals surface area contributed by atoms with Crippen molar-refractivity contribution in [1.29, 1.82) is 0 Å². The van der Waals surface area contributed by atoms with Gasteiger partial charge < -0.3 is 13.9 Å². The molecule has 0 amide bonds. The number of rotatable bonds is 2. The molecule has 0 N–H and O–H groups in total. The van der Waals surface area contributed by atoms with Crippen molar-refractivity contribution in [3.05, 3.63) is 87.3 Å². The predicted molar refractivity (Wildman–Crippen MR) is 109 cm³/mol. The molecule has 3 rings (SSSR count). The monoisotopic (exact) mass is 535 g/mol. The number of hydrogen-bond acceptors (Lipinski definition) is 3. The summed E-state index contributed by atoms with van der Waals surface area (Å²) in [5.74, 6) is 3.56. The van der Waals surface area contributed by atoms with E-state index in [0.29, 0.717) is 0 Å². The van der Waals surface area contributed by atoms with Crippen LogP contribution in [0.5, 0.6) is 0 Å². The first kappa shape index (κ1) is 26.4. The molecule has 3 aromatic rings. The zero-order chi connectivity index (χ0) is 18.3. The second kappa shape index (κ2) is 16.6. The Morgan fingerprint density at radius 2 is 1.19 bits per heavy atom. The molecule has 0 atom stereocenters. The van der Waals surface area contributed by atoms with Gasteiger partial charge in [-0.25, -0.2) is 11.4 Å². The Kier molecular flexibility index (Phi) is 16.2. The molecule has 3 nitrogen and oxygen atoms in total. The van der Waals surface area contributed by atoms with Crippen molar-refractivity contribution in [2.24, 2.45) is 0 Å². The molecular weight excluding hydrogens is 513 g/mol. The smallest absolute Gasteiger partial charge is 0.0894 e. The topological polar surface area (TPSA) is 38.7 Å². The predicted octanol–water partition coefficient (Wildman–Crippen LogP) is 5.09. The average Bonchev–Trinajstić information content (AvgIpc) is 2.70. The minimum Gasteiger partial charge on any atom is -0.358 e. The average molecular weight is 536 g/mol. The van der Waals surface area contributed by atoms with Gasteiger partial charge in [-0.05, 0) is 36.4 Å². The van der Waals surface area contributed by atoms with Crippen molar-refractivity contribution in [2.45, 2.75) is 13.8 Å². The van der Waals surface area contributed by atoms with Crippen molar-refractivity contribution < 1.29 is 21.1 Å². The van der Waals surface area contributed by atoms with E-state index in [1.807, 2.05) is 80.8 Å². The van der Waals surface area contributed by atoms with E-state index >= 15 is 0 Å². The molecular formula is C23H22N3Pt-. The minimum absolute atomic E-state index is 0. The van der Waals surface area contributed by atoms with E-state index in [2.05, 4.69) is 21.4 Å². The van der Waals surface area contributed by atoms with E-state index in [0.717, 1.165) is 22.8 Å². The summed E-state index contributed by atoms with van der Waals surface area (Å²) in [4.78, 5) is 13.2. The van der Waals surface area contributed by atoms with Gasteiger partial charge in [-0.2, -0.15) is 0 Å². The maximum absolute atomic E-state index is 5.97. The first-order valence-corrected chi connectivity index (χ1v) is 7.68. The van der Waals surface area contributed by atoms with E-state index in [4.69, 9.17) is 6.42 Å². The molecule has 3 heterocycles. The summed E-state index contributed by atoms with van der Waals surface area (Å²) in [6, 6.07) is 17.5. The van der Waals surface area contributed by atoms with Crippen molar-refractivity contribution in [3.63, 3.8) is 0 Å². The van der Waals surface area contributed by atoms with Crippen molar-refractivity contribution in [3.8, 4) is 41.0 Å². The van der Waals surface area contributed by atoms with Crippen LogP contribution in [0.1, 0.15) is 13.8 Å². The van der Waals surface area contributed by atoms with Crippen LogP contribution in [-0.2, 0) is 21.1 Å². The number of nitrogens with zero attached hydrogens (tertiary/aromatic N) is 3. The van der Waals surface area contributed by atoms with Crippen LogP contribution in [0.2, 0.25) is 0 Å². The van der Waals surface area contributed by atoms with Gasteiger partial charge in [-0.15, -0.1) is 0 Å². The van der Waals surface area contributed by atoms with E-state index in [1.165, 1.54) is 0 Å². The molecule has 27 heavy (non-hydrogen) atoms. The summed E-state index contributed by atoms with van der Waals surface area (Å²) >= 11 is 0. The first-order valence-electron chi connectivity index (χ1n) is 7.68. The molecule has 0 saturated heterocycles. The fraction of sp³-hybridized carbons (Fsp3) is 0.0870. The molecule has 0 aromatic carbocycles. The van der Waals surface area contributed by atoms with Gasteiger partial charge in [0.25, 0.3) is 0 Å². The van der Waals surface area contributed by atoms with Crippen LogP contribution < -0.4 is 0 Å². The summed E-state index contributed by atoms with van der Waals surface area (Å²) in [6.45, 7) is 4.00. The second-order valence-electron chi connectivity index (χ2n) is 4.68. The van der Waals surface area contributed by atoms with Crippen molar-refractivity contribution >= 4 is 0 Å². The molecule has 0 bridgehead atoms. The third kappa shape index (κ3) is 10.0. The summed E-state index contributed by atoms with van der Waals surface area (Å²) in [5.41, 5.74) is 3.46. The van der Waals surface area contributed by atoms with Gasteiger partial charge >= 0.3 is 0 Å². The Hall–Kier alpha value is -2.87. The molecule has 0 saturated carbocycles. The maximum atomic E-state index is 5.97. The Morgan fingerprint density at radius 3 is 1.48 bits per heavy atom. The normalized spacial score (nSPS) is 7.70. The number of pyridine rings is 3. The molecule has 4 heteroatoms. The van der Waals surface area contributed by atoms with Crippen LogP contribution in [0, 0.1) is 38.5 Å². The fourth-order valence-corrected chi connectivity index (χ4v) is 1.75. The summed E-state index contributed by atoms with van der Waals surface area (Å²) in [5, 5.41) is 0. The Labute approximate surface area is 178 Å². The van der Waals surface area contributed by atoms with Crippen molar-refractivity contribution in [1.82, 2.24) is 15.0 Å². The van der Waals surface area contributed by atoms with Crippen molar-refractivity contribution in [2.75, 3.05) is 0 Å². The Morgan fingerprint density at radius 1 is 0.815 bits per heavy atom. The van der Waals surface area contributed by atoms with Crippen LogP contribution in [0.3, 0.4) is 0 Å². The van der Waals surface area contributed by atoms with Gasteiger partial charge in [0.1, 0.15) is 0 Å². The molecule has 3 aromatic heterocycles. The summed E-state index contributed by atoms with van der Waals surface area (Å²) in [6.07, 6.45) is 16.0. The quantitative estimate of drug-likeness (QED) is 0.339. The van der Waals surface area contributed by atoms with Gasteiger partial charge in [0.2, 0.25) is 0 Å². The fourth-order valence-electron chi connectivity index (χ4n) is 1.75. The molecule has 0 aliphatic rings. The van der Waals surface area contributed by atoms with E-state index in [9.17, 15) is 0 Å². The van der Waals surface area contributed by atoms with Gasteiger partial charge in [0.15, 0.2) is 0 Å². The minimum atomic E-state index is 0. The molecule has 0 fully saturated rings. The van der Waals surface area contributed by atoms with Gasteiger partial charge in [0, 0.05) is 33.5 Å². The SMILES string of the molecule is C[CH+]C.[C-]#CC#C.[CH3-].[Pt].c1ccc(-c2cccc(-c3ccccn3)n2)nc1. The maximum Gasteiger partial charge on any atom is 0.0894 e. The molecule has 0 unspecified atom stereocenters. The Bertz CT molecular complexity index is 753. The van der Waals surface area contributed by atoms with Crippen LogP contribution in [0.15, 0.2) is 67.0 Å². The standard InChI is InChI=1S/C15H11N3.C4H.C3H7.CH3.Pt/c1-3-10-16-12(6-1)14-8-5-9-15(18-14)13-7-2-4-11-17-13;1-3-4-2;1-3-2;;/h1-11H;1H;3H,1-2H3;1H3;/q;-1;+1;-1;. The summed E-state index contributed by atoms with van der Waals surface area (Å²) in [7, 11) is 0. The van der Waals surface area contributed by atoms with Crippen LogP contribution in [-0.4, -0.2) is 15.0 Å². The number of aromatic nitrogens is 3. The van der Waals surface area contributed by atoms with Crippen LogP contribution in [0.4, 0.5) is 0 Å². The number of terminal acetylenes is 1. The molecule has 140 valence electrons. The first-order chi connectivity index (χ1) is 12.3. The zero-order valence-corrected chi connectivity index (χ0v) is 17.9. The van der Waals surface area contributed by atoms with Gasteiger partial charge in [-0.1, -0.05) is 18.2 Å². The number of hydrogen-bond donors (Lipinski definition) is 0. The summed E-state index contributed by atoms with van der Waals surface area (Å²) < 4.78 is 0. The largest absolute Gasteiger partial charge is 0.358 e. The molecule has 0 radical (unpaired) electrons. The Balaban J connectivity index is 0. The third-order valence-electron chi connectivity index (χ3n) is 2.68. The molecule has 0 spiro atoms. The third-order valence-corrected chi connectivity index (χ3v) is 2.68. The second-order valence-corrected chi connectivity index (χ2v) is 4.68. The van der Waals surface area contributed by atoms with Crippen LogP contribution >= 0.6 is 0 Å². The van der Waals surface area contributed by atoms with E-state index < -0.39 is 0 Å². The van der Waals surface area contributed by atoms with E-state index in [-0.39, 0.29) is 28.5 Å². The van der Waals surface area contributed by atoms with E-state index in [1.54, 1.807) is 18.3 Å².